The van der Waals surface area contributed by atoms with Gasteiger partial charge in [-0.15, -0.1) is 0 Å². The Morgan fingerprint density at radius 1 is 1.21 bits per heavy atom. The molecule has 0 bridgehead atoms. The molecule has 106 valence electrons. The third-order valence-electron chi connectivity index (χ3n) is 3.21. The SMILES string of the molecule is CC(C)(CC(N)=O)NCc1ccc([Si](C)(C)C)cc1. The van der Waals surface area contributed by atoms with Crippen LogP contribution < -0.4 is 16.2 Å². The van der Waals surface area contributed by atoms with Crippen molar-refractivity contribution >= 4 is 19.2 Å². The Morgan fingerprint density at radius 2 is 1.74 bits per heavy atom. The summed E-state index contributed by atoms with van der Waals surface area (Å²) in [6.45, 7) is 11.8. The van der Waals surface area contributed by atoms with Gasteiger partial charge in [0.25, 0.3) is 0 Å². The molecule has 0 fully saturated rings. The minimum Gasteiger partial charge on any atom is -0.370 e. The number of primary amides is 1. The Balaban J connectivity index is 2.62. The quantitative estimate of drug-likeness (QED) is 0.782. The Kier molecular flexibility index (Phi) is 4.93. The van der Waals surface area contributed by atoms with Gasteiger partial charge in [0.1, 0.15) is 0 Å². The van der Waals surface area contributed by atoms with E-state index in [2.05, 4.69) is 49.2 Å². The van der Waals surface area contributed by atoms with E-state index < -0.39 is 8.07 Å². The fraction of sp³-hybridized carbons (Fsp3) is 0.533. The van der Waals surface area contributed by atoms with Gasteiger partial charge < -0.3 is 11.1 Å². The summed E-state index contributed by atoms with van der Waals surface area (Å²) in [5.74, 6) is -0.272. The van der Waals surface area contributed by atoms with Gasteiger partial charge in [-0.3, -0.25) is 4.79 Å². The molecule has 0 aliphatic carbocycles. The largest absolute Gasteiger partial charge is 0.370 e. The summed E-state index contributed by atoms with van der Waals surface area (Å²) in [5.41, 5.74) is 6.22. The van der Waals surface area contributed by atoms with Gasteiger partial charge in [0.2, 0.25) is 5.91 Å². The zero-order chi connectivity index (χ0) is 14.7. The Bertz CT molecular complexity index is 432. The van der Waals surface area contributed by atoms with Crippen molar-refractivity contribution in [3.8, 4) is 0 Å². The topological polar surface area (TPSA) is 55.1 Å². The summed E-state index contributed by atoms with van der Waals surface area (Å²) in [7, 11) is -1.22. The molecule has 1 amide bonds. The van der Waals surface area contributed by atoms with Crippen LogP contribution in [0.15, 0.2) is 24.3 Å². The number of rotatable bonds is 6. The highest BCUT2D eigenvalue weighted by Crippen LogP contribution is 2.10. The van der Waals surface area contributed by atoms with E-state index in [4.69, 9.17) is 5.73 Å². The molecule has 0 saturated heterocycles. The molecule has 0 aliphatic rings. The van der Waals surface area contributed by atoms with Crippen LogP contribution in [0.1, 0.15) is 25.8 Å². The molecule has 0 heterocycles. The lowest BCUT2D eigenvalue weighted by Crippen LogP contribution is -2.42. The molecular weight excluding hydrogens is 252 g/mol. The molecule has 0 aliphatic heterocycles. The van der Waals surface area contributed by atoms with E-state index in [1.165, 1.54) is 10.8 Å². The van der Waals surface area contributed by atoms with Gasteiger partial charge in [-0.1, -0.05) is 49.1 Å². The number of nitrogens with two attached hydrogens (primary N) is 1. The highest BCUT2D eigenvalue weighted by Gasteiger charge is 2.20. The molecule has 1 aromatic carbocycles. The first-order chi connectivity index (χ1) is 8.60. The zero-order valence-electron chi connectivity index (χ0n) is 12.7. The lowest BCUT2D eigenvalue weighted by Gasteiger charge is -2.25. The first-order valence-corrected chi connectivity index (χ1v) is 10.2. The highest BCUT2D eigenvalue weighted by atomic mass is 28.3. The van der Waals surface area contributed by atoms with E-state index >= 15 is 0 Å². The first-order valence-electron chi connectivity index (χ1n) is 6.73. The lowest BCUT2D eigenvalue weighted by atomic mass is 10.00. The van der Waals surface area contributed by atoms with E-state index in [0.717, 1.165) is 6.54 Å². The molecule has 0 atom stereocenters. The van der Waals surface area contributed by atoms with Gasteiger partial charge in [-0.2, -0.15) is 0 Å². The van der Waals surface area contributed by atoms with Crippen molar-refractivity contribution < 1.29 is 4.79 Å². The number of nitrogens with one attached hydrogen (secondary N) is 1. The maximum Gasteiger partial charge on any atom is 0.219 e. The molecule has 0 aromatic heterocycles. The van der Waals surface area contributed by atoms with Crippen LogP contribution in [0.5, 0.6) is 0 Å². The summed E-state index contributed by atoms with van der Waals surface area (Å²) in [6.07, 6.45) is 0.347. The number of hydrogen-bond acceptors (Lipinski definition) is 2. The standard InChI is InChI=1S/C15H26N2OSi/c1-15(2,10-14(16)18)17-11-12-6-8-13(9-7-12)19(3,4)5/h6-9,17H,10-11H2,1-5H3,(H2,16,18). The number of amides is 1. The Hall–Kier alpha value is -1.13. The van der Waals surface area contributed by atoms with E-state index in [0.29, 0.717) is 6.42 Å². The average molecular weight is 278 g/mol. The summed E-state index contributed by atoms with van der Waals surface area (Å²) < 4.78 is 0. The predicted octanol–water partition coefficient (Wildman–Crippen LogP) is 1.98. The van der Waals surface area contributed by atoms with Crippen molar-refractivity contribution in [1.82, 2.24) is 5.32 Å². The molecule has 1 rings (SSSR count). The fourth-order valence-corrected chi connectivity index (χ4v) is 3.13. The molecule has 4 heteroatoms. The fourth-order valence-electron chi connectivity index (χ4n) is 1.96. The van der Waals surface area contributed by atoms with Crippen LogP contribution in [-0.2, 0) is 11.3 Å². The van der Waals surface area contributed by atoms with Gasteiger partial charge in [-0.05, 0) is 19.4 Å². The summed E-state index contributed by atoms with van der Waals surface area (Å²) in [6, 6.07) is 8.79. The molecule has 1 aromatic rings. The van der Waals surface area contributed by atoms with E-state index in [-0.39, 0.29) is 11.4 Å². The maximum atomic E-state index is 11.0. The van der Waals surface area contributed by atoms with Crippen LogP contribution in [0.3, 0.4) is 0 Å². The Labute approximate surface area is 117 Å². The molecule has 0 radical (unpaired) electrons. The number of hydrogen-bond donors (Lipinski definition) is 2. The molecule has 19 heavy (non-hydrogen) atoms. The van der Waals surface area contributed by atoms with Crippen molar-refractivity contribution in [2.75, 3.05) is 0 Å². The second-order valence-corrected chi connectivity index (χ2v) is 11.9. The maximum absolute atomic E-state index is 11.0. The van der Waals surface area contributed by atoms with Crippen LogP contribution in [-0.4, -0.2) is 19.5 Å². The van der Waals surface area contributed by atoms with Gasteiger partial charge in [0, 0.05) is 18.5 Å². The summed E-state index contributed by atoms with van der Waals surface area (Å²) >= 11 is 0. The van der Waals surface area contributed by atoms with Crippen LogP contribution >= 0.6 is 0 Å². The number of benzene rings is 1. The number of carbonyl (C=O) groups excluding carboxylic acids is 1. The smallest absolute Gasteiger partial charge is 0.219 e. The van der Waals surface area contributed by atoms with Crippen molar-refractivity contribution in [3.05, 3.63) is 29.8 Å². The van der Waals surface area contributed by atoms with Crippen molar-refractivity contribution in [1.29, 1.82) is 0 Å². The van der Waals surface area contributed by atoms with E-state index in [1.54, 1.807) is 0 Å². The van der Waals surface area contributed by atoms with Crippen LogP contribution in [0.4, 0.5) is 0 Å². The second kappa shape index (κ2) is 5.88. The molecule has 0 saturated carbocycles. The minimum absolute atomic E-state index is 0.261. The van der Waals surface area contributed by atoms with Crippen LogP contribution in [0.25, 0.3) is 0 Å². The summed E-state index contributed by atoms with van der Waals surface area (Å²) in [4.78, 5) is 11.0. The monoisotopic (exact) mass is 278 g/mol. The van der Waals surface area contributed by atoms with E-state index in [9.17, 15) is 4.79 Å². The molecule has 0 unspecified atom stereocenters. The van der Waals surface area contributed by atoms with Gasteiger partial charge in [0.15, 0.2) is 0 Å². The van der Waals surface area contributed by atoms with Crippen LogP contribution in [0, 0.1) is 0 Å². The third-order valence-corrected chi connectivity index (χ3v) is 5.27. The van der Waals surface area contributed by atoms with E-state index in [1.807, 2.05) is 13.8 Å². The third kappa shape index (κ3) is 5.57. The lowest BCUT2D eigenvalue weighted by molar-refractivity contribution is -0.119. The van der Waals surface area contributed by atoms with Gasteiger partial charge in [0.05, 0.1) is 8.07 Å². The highest BCUT2D eigenvalue weighted by molar-refractivity contribution is 6.88. The Morgan fingerprint density at radius 3 is 2.16 bits per heavy atom. The normalized spacial score (nSPS) is 12.5. The zero-order valence-corrected chi connectivity index (χ0v) is 13.7. The minimum atomic E-state index is -1.22. The van der Waals surface area contributed by atoms with Crippen molar-refractivity contribution in [3.63, 3.8) is 0 Å². The second-order valence-electron chi connectivity index (χ2n) is 6.83. The number of carbonyl (C=O) groups is 1. The molecule has 0 spiro atoms. The average Bonchev–Trinajstić information content (AvgIpc) is 2.24. The van der Waals surface area contributed by atoms with Crippen molar-refractivity contribution in [2.45, 2.75) is 52.0 Å². The molecular formula is C15H26N2OSi. The molecule has 3 N–H and O–H groups in total. The van der Waals surface area contributed by atoms with Crippen LogP contribution in [0.2, 0.25) is 19.6 Å². The van der Waals surface area contributed by atoms with Gasteiger partial charge >= 0.3 is 0 Å². The summed E-state index contributed by atoms with van der Waals surface area (Å²) in [5, 5.41) is 4.84. The van der Waals surface area contributed by atoms with Crippen molar-refractivity contribution in [2.24, 2.45) is 5.73 Å². The predicted molar refractivity (Wildman–Crippen MR) is 84.2 cm³/mol. The molecule has 3 nitrogen and oxygen atoms in total. The first kappa shape index (κ1) is 15.9. The van der Waals surface area contributed by atoms with Gasteiger partial charge in [-0.25, -0.2) is 0 Å².